The Morgan fingerprint density at radius 2 is 0.759 bits per heavy atom. The Balaban J connectivity index is 0.000000170. The maximum absolute atomic E-state index is 12.5. The quantitative estimate of drug-likeness (QED) is 0.0581. The van der Waals surface area contributed by atoms with Gasteiger partial charge in [0.2, 0.25) is 17.7 Å². The summed E-state index contributed by atoms with van der Waals surface area (Å²) in [5.41, 5.74) is 9.15. The molecule has 5 saturated heterocycles. The smallest absolute Gasteiger partial charge is 0.490 e. The van der Waals surface area contributed by atoms with Gasteiger partial charge in [0.1, 0.15) is 48.1 Å². The molecule has 18 rings (SSSR count). The van der Waals surface area contributed by atoms with Crippen molar-refractivity contribution in [3.63, 3.8) is 0 Å². The largest absolute Gasteiger partial charge is 0.498 e. The Morgan fingerprint density at radius 1 is 0.455 bits per heavy atom. The van der Waals surface area contributed by atoms with Gasteiger partial charge in [0.15, 0.2) is 19.3 Å². The number of carboxylic acid groups (broad SMARTS) is 1. The van der Waals surface area contributed by atoms with Crippen molar-refractivity contribution in [2.45, 2.75) is 310 Å². The Bertz CT molecular complexity index is 5480. The summed E-state index contributed by atoms with van der Waals surface area (Å²) >= 11 is 26.3. The fraction of sp³-hybridized carbons (Fsp3) is 0.634. The minimum absolute atomic E-state index is 0.0669. The molecule has 3 N–H and O–H groups in total. The molecule has 11 aliphatic rings. The molecule has 0 bridgehead atoms. The number of amides is 6. The van der Waals surface area contributed by atoms with Gasteiger partial charge >= 0.3 is 37.5 Å². The predicted octanol–water partition coefficient (Wildman–Crippen LogP) is 21.8. The van der Waals surface area contributed by atoms with E-state index in [1.807, 2.05) is 99.9 Å². The summed E-state index contributed by atoms with van der Waals surface area (Å²) < 4.78 is 82.8. The summed E-state index contributed by atoms with van der Waals surface area (Å²) in [4.78, 5) is 118. The number of alkyl halides is 5. The first-order valence-corrected chi connectivity index (χ1v) is 56.6. The molecule has 8 fully saturated rings. The number of ether oxygens (including phenoxy) is 6. The third-order valence-corrected chi connectivity index (χ3v) is 31.5. The summed E-state index contributed by atoms with van der Waals surface area (Å²) in [6.45, 7) is 51.0. The van der Waals surface area contributed by atoms with E-state index in [0.717, 1.165) is 244 Å². The second-order valence-corrected chi connectivity index (χ2v) is 49.2. The highest BCUT2D eigenvalue weighted by Gasteiger charge is 2.54. The third kappa shape index (κ3) is 33.2. The highest BCUT2D eigenvalue weighted by atomic mass is 79.9. The van der Waals surface area contributed by atoms with Gasteiger partial charge in [-0.15, -0.1) is 68.5 Å². The van der Waals surface area contributed by atoms with Crippen molar-refractivity contribution in [3.05, 3.63) is 87.7 Å². The minimum Gasteiger partial charge on any atom is -0.490 e. The van der Waals surface area contributed by atoms with E-state index in [1.165, 1.54) is 24.8 Å². The molecule has 3 atom stereocenters. The van der Waals surface area contributed by atoms with Crippen molar-refractivity contribution in [1.29, 1.82) is 0 Å². The van der Waals surface area contributed by atoms with Crippen LogP contribution < -0.4 is 59.7 Å². The van der Waals surface area contributed by atoms with Crippen LogP contribution in [0.1, 0.15) is 232 Å². The van der Waals surface area contributed by atoms with Crippen LogP contribution in [0.2, 0.25) is 0 Å². The van der Waals surface area contributed by atoms with Crippen LogP contribution in [0, 0.1) is 0 Å². The lowest BCUT2D eigenvalue weighted by molar-refractivity contribution is -0.192. The molecule has 800 valence electrons. The zero-order valence-electron chi connectivity index (χ0n) is 86.9. The number of hydrogen-bond donors (Lipinski definition) is 3. The highest BCUT2D eigenvalue weighted by molar-refractivity contribution is 9.11. The predicted molar refractivity (Wildman–Crippen MR) is 583 cm³/mol. The van der Waals surface area contributed by atoms with E-state index in [4.69, 9.17) is 80.8 Å². The van der Waals surface area contributed by atoms with Gasteiger partial charge in [-0.05, 0) is 292 Å². The van der Waals surface area contributed by atoms with E-state index in [2.05, 4.69) is 167 Å². The Kier molecular flexibility index (Phi) is 42.1. The Labute approximate surface area is 902 Å². The standard InChI is InChI=1S/C28H38N4O4S.C23H30N4O2S.C22H32BNO4.C12H18BrN3O2S.C9H18N2O2.C3HBr2NS.C2H4Cl2.C2HF3O2/c1-18-9-10-22-24(32(18)19(2)33)12-11-21(25(22)35-20-7-6-8-20)23-17-37-26(29-23)30-13-15-31(16-14-30)27(34)36-28(3,4)5;1-15-6-7-19-21(27(15)16(2)28)9-8-18(22(19)29-17-4-3-5-17)20-14-30-23(25-20)26-12-10-24-11-13-26;1-14-10-11-17-19(24(14)15(2)25)13-12-18(20(17)26-16-8-7-9-16)23-27-21(3,4)22(5,6)28-23;1-12(2,3)18-11(17)16-6-4-15(5-7-16)10-14-9(13)8-19-10;1-9(2,3)13-8(12)11-6-4-10-5-7-11;4-2-1-7-3(5)6-2;1-2(3)4;3-2(4,5)1(6)7/h11-12,17-18,20H,6-10,13-16H2,1-5H3;8-9,14-15,17,24H,3-7,10-13H2,1-2H3;12-14,16H,7-11H2,1-6H3;8H,4-7H2,1-3H3;10H,4-7H2,1-3H3;1H;2H,1H3;(H,6,7)/t18-;15-;14-;;;;;/m000...../s1. The van der Waals surface area contributed by atoms with Crippen molar-refractivity contribution in [3.8, 4) is 39.8 Å². The number of thiazole rings is 4. The summed E-state index contributed by atoms with van der Waals surface area (Å²) in [6.07, 6.45) is 10.7. The normalized spacial score (nSPS) is 19.8. The Morgan fingerprint density at radius 3 is 1.06 bits per heavy atom. The molecule has 0 unspecified atom stereocenters. The van der Waals surface area contributed by atoms with Crippen LogP contribution in [0.25, 0.3) is 22.5 Å². The molecular weight excluding hydrogens is 2190 g/mol. The lowest BCUT2D eigenvalue weighted by Gasteiger charge is -2.37. The van der Waals surface area contributed by atoms with Gasteiger partial charge in [0.05, 0.1) is 58.0 Å². The second kappa shape index (κ2) is 51.9. The minimum atomic E-state index is -5.08. The van der Waals surface area contributed by atoms with E-state index in [-0.39, 0.29) is 82.9 Å². The number of piperazine rings is 4. The first-order valence-electron chi connectivity index (χ1n) is 49.8. The lowest BCUT2D eigenvalue weighted by Crippen LogP contribution is -2.50. The fourth-order valence-electron chi connectivity index (χ4n) is 17.3. The molecule has 3 aliphatic carbocycles. The van der Waals surface area contributed by atoms with E-state index >= 15 is 0 Å². The summed E-state index contributed by atoms with van der Waals surface area (Å²) in [6, 6.07) is 13.0. The molecule has 3 aromatic carbocycles. The number of benzene rings is 3. The van der Waals surface area contributed by atoms with Gasteiger partial charge in [-0.3, -0.25) is 14.4 Å². The van der Waals surface area contributed by atoms with Crippen molar-refractivity contribution in [2.75, 3.05) is 134 Å². The van der Waals surface area contributed by atoms with Crippen molar-refractivity contribution >= 4 is 203 Å². The van der Waals surface area contributed by atoms with Crippen LogP contribution in [-0.2, 0) is 62.0 Å². The van der Waals surface area contributed by atoms with Gasteiger partial charge in [0, 0.05) is 198 Å². The zero-order chi connectivity index (χ0) is 106. The zero-order valence-corrected chi connectivity index (χ0v) is 96.4. The number of aliphatic carboxylic acids is 1. The summed E-state index contributed by atoms with van der Waals surface area (Å²) in [7, 11) is -0.462. The van der Waals surface area contributed by atoms with Crippen LogP contribution in [-0.4, -0.2) is 269 Å². The first-order chi connectivity index (χ1) is 68.1. The monoisotopic (exact) mass is 2320 g/mol. The second-order valence-electron chi connectivity index (χ2n) is 41.4. The maximum Gasteiger partial charge on any atom is 0.498 e. The number of carboxylic acids is 1. The van der Waals surface area contributed by atoms with Gasteiger partial charge < -0.3 is 97.6 Å². The number of anilines is 6. The first kappa shape index (κ1) is 118. The van der Waals surface area contributed by atoms with E-state index in [9.17, 15) is 41.9 Å². The molecule has 145 heavy (non-hydrogen) atoms. The molecule has 7 aromatic rings. The molecular formula is C101H142BBr3Cl2F3N15O16S4. The maximum atomic E-state index is 12.5. The van der Waals surface area contributed by atoms with Gasteiger partial charge in [0.25, 0.3) is 0 Å². The van der Waals surface area contributed by atoms with Crippen LogP contribution in [0.4, 0.5) is 60.0 Å². The van der Waals surface area contributed by atoms with E-state index < -0.39 is 41.7 Å². The molecule has 6 amide bonds. The van der Waals surface area contributed by atoms with Crippen LogP contribution in [0.15, 0.2) is 71.0 Å². The van der Waals surface area contributed by atoms with Gasteiger partial charge in [-0.25, -0.2) is 39.1 Å². The number of carbonyl (C=O) groups excluding carboxylic acids is 6. The van der Waals surface area contributed by atoms with Gasteiger partial charge in [-0.1, -0.05) is 6.07 Å². The number of fused-ring (bicyclic) bond motifs is 3. The number of rotatable bonds is 12. The average molecular weight is 2330 g/mol. The lowest BCUT2D eigenvalue weighted by atomic mass is 9.75. The number of nitrogens with one attached hydrogen (secondary N) is 2. The molecule has 0 radical (unpaired) electrons. The highest BCUT2D eigenvalue weighted by Crippen LogP contribution is 2.50. The number of halogens is 8. The fourth-order valence-corrected chi connectivity index (χ4v) is 22.1. The SMILES string of the molecule is Brc1csc(Br)n1.CC(=O)N1c2ccc(-c3csc(N4CCN(C(=O)OC(C)(C)C)CC4)n3)c(OC3CCC3)c2CC[C@@H]1C.CC(=O)N1c2ccc(-c3csc(N4CCNCC4)n3)c(OC3CCC3)c2CC[C@@H]1C.CC(=O)N1c2ccc(B3OC(C)(C)C(C)(C)O3)c(OC3CCC3)c2CC[C@@H]1C.CC(C)(C)OC(=O)N1CCN(c2nc(Br)cs2)CC1.CC(C)(C)OC(=O)N1CCNCC1.CC(Cl)Cl.O=C(O)C(F)(F)F. The Hall–Kier alpha value is -7.62. The summed E-state index contributed by atoms with van der Waals surface area (Å²) in [5, 5.41) is 24.9. The van der Waals surface area contributed by atoms with Crippen molar-refractivity contribution in [2.24, 2.45) is 0 Å². The molecule has 0 spiro atoms. The molecule has 3 saturated carbocycles. The number of hydrogen-bond acceptors (Lipinski definition) is 28. The molecule has 44 heteroatoms. The van der Waals surface area contributed by atoms with Crippen LogP contribution in [0.3, 0.4) is 0 Å². The number of aromatic nitrogens is 4. The third-order valence-electron chi connectivity index (χ3n) is 26.1. The number of nitrogens with zero attached hydrogens (tertiary/aromatic N) is 13. The van der Waals surface area contributed by atoms with Crippen LogP contribution >= 0.6 is 116 Å². The van der Waals surface area contributed by atoms with E-state index in [0.29, 0.717) is 39.3 Å². The number of carbonyl (C=O) groups is 7. The molecule has 12 heterocycles. The molecule has 31 nitrogen and oxygen atoms in total. The van der Waals surface area contributed by atoms with E-state index in [1.54, 1.807) is 87.7 Å². The molecule has 4 aromatic heterocycles. The van der Waals surface area contributed by atoms with Crippen LogP contribution in [0.5, 0.6) is 17.2 Å². The molecule has 8 aliphatic heterocycles. The van der Waals surface area contributed by atoms with Gasteiger partial charge in [-0.2, -0.15) is 13.2 Å². The van der Waals surface area contributed by atoms with Crippen molar-refractivity contribution in [1.82, 2.24) is 45.3 Å². The summed E-state index contributed by atoms with van der Waals surface area (Å²) in [5.74, 6) is 0.204. The topological polar surface area (TPSA) is 318 Å². The van der Waals surface area contributed by atoms with Crippen molar-refractivity contribution < 1.29 is 89.6 Å². The average Bonchev–Trinajstić information content (AvgIpc) is 1.74.